The van der Waals surface area contributed by atoms with Gasteiger partial charge in [-0.05, 0) is 12.5 Å². The third-order valence-corrected chi connectivity index (χ3v) is 4.40. The molecule has 21 heavy (non-hydrogen) atoms. The molecule has 1 aliphatic rings. The molecule has 0 saturated carbocycles. The number of rotatable bonds is 2. The van der Waals surface area contributed by atoms with Crippen molar-refractivity contribution in [2.75, 3.05) is 11.4 Å². The standard InChI is InChI=1S/C12H10Cl2N4O2S/c1-2-7-12(20)18(4-8(19)15-7)11-6(14)3-5(13)9-10(11)17-21-16-9/h3,7H,2,4H2,1H3,(H,15,19). The van der Waals surface area contributed by atoms with E-state index in [4.69, 9.17) is 23.2 Å². The van der Waals surface area contributed by atoms with E-state index >= 15 is 0 Å². The molecule has 1 aliphatic heterocycles. The lowest BCUT2D eigenvalue weighted by Crippen LogP contribution is -2.58. The Labute approximate surface area is 134 Å². The fourth-order valence-corrected chi connectivity index (χ4v) is 3.51. The molecule has 0 bridgehead atoms. The number of hydrogen-bond donors (Lipinski definition) is 1. The van der Waals surface area contributed by atoms with Crippen LogP contribution in [0.4, 0.5) is 5.69 Å². The van der Waals surface area contributed by atoms with Crippen molar-refractivity contribution in [2.45, 2.75) is 19.4 Å². The van der Waals surface area contributed by atoms with Crippen LogP contribution in [-0.4, -0.2) is 33.1 Å². The van der Waals surface area contributed by atoms with Crippen LogP contribution >= 0.6 is 34.9 Å². The quantitative estimate of drug-likeness (QED) is 0.906. The second-order valence-electron chi connectivity index (χ2n) is 4.60. The SMILES string of the molecule is CCC1NC(=O)CN(c2c(Cl)cc(Cl)c3nsnc23)C1=O. The number of amides is 2. The van der Waals surface area contributed by atoms with Gasteiger partial charge in [-0.15, -0.1) is 0 Å². The van der Waals surface area contributed by atoms with E-state index in [-0.39, 0.29) is 23.4 Å². The zero-order valence-corrected chi connectivity index (χ0v) is 13.2. The Bertz CT molecular complexity index is 748. The molecule has 1 fully saturated rings. The first-order chi connectivity index (χ1) is 10.0. The normalized spacial score (nSPS) is 19.2. The summed E-state index contributed by atoms with van der Waals surface area (Å²) in [5.41, 5.74) is 1.31. The molecule has 1 unspecified atom stereocenters. The van der Waals surface area contributed by atoms with E-state index < -0.39 is 6.04 Å². The number of halogens is 2. The van der Waals surface area contributed by atoms with Crippen molar-refractivity contribution in [3.8, 4) is 0 Å². The topological polar surface area (TPSA) is 75.2 Å². The minimum atomic E-state index is -0.556. The van der Waals surface area contributed by atoms with Gasteiger partial charge in [0, 0.05) is 0 Å². The molecule has 1 atom stereocenters. The summed E-state index contributed by atoms with van der Waals surface area (Å²) in [4.78, 5) is 25.6. The highest BCUT2D eigenvalue weighted by Crippen LogP contribution is 2.38. The first-order valence-corrected chi connectivity index (χ1v) is 7.72. The molecule has 0 spiro atoms. The van der Waals surface area contributed by atoms with Gasteiger partial charge in [0.1, 0.15) is 23.6 Å². The number of carbonyl (C=O) groups excluding carboxylic acids is 2. The fraction of sp³-hybridized carbons (Fsp3) is 0.333. The molecular formula is C12H10Cl2N4O2S. The number of carbonyl (C=O) groups is 2. The van der Waals surface area contributed by atoms with Gasteiger partial charge in [0.05, 0.1) is 27.5 Å². The number of hydrogen-bond acceptors (Lipinski definition) is 5. The summed E-state index contributed by atoms with van der Waals surface area (Å²) in [7, 11) is 0. The predicted octanol–water partition coefficient (Wildman–Crippen LogP) is 2.24. The third kappa shape index (κ3) is 2.35. The van der Waals surface area contributed by atoms with Gasteiger partial charge in [-0.25, -0.2) is 0 Å². The molecule has 3 rings (SSSR count). The van der Waals surface area contributed by atoms with Gasteiger partial charge >= 0.3 is 0 Å². The average Bonchev–Trinajstić information content (AvgIpc) is 2.91. The molecule has 0 aliphatic carbocycles. The fourth-order valence-electron chi connectivity index (χ4n) is 2.30. The third-order valence-electron chi connectivity index (χ3n) is 3.30. The molecule has 9 heteroatoms. The number of nitrogens with zero attached hydrogens (tertiary/aromatic N) is 3. The maximum absolute atomic E-state index is 12.5. The van der Waals surface area contributed by atoms with Crippen molar-refractivity contribution in [3.05, 3.63) is 16.1 Å². The van der Waals surface area contributed by atoms with Crippen LogP contribution in [0.1, 0.15) is 13.3 Å². The number of anilines is 1. The highest BCUT2D eigenvalue weighted by molar-refractivity contribution is 7.00. The number of fused-ring (bicyclic) bond motifs is 1. The number of piperazine rings is 1. The zero-order chi connectivity index (χ0) is 15.1. The molecule has 1 saturated heterocycles. The lowest BCUT2D eigenvalue weighted by molar-refractivity contribution is -0.131. The van der Waals surface area contributed by atoms with E-state index in [1.807, 2.05) is 6.92 Å². The smallest absolute Gasteiger partial charge is 0.250 e. The predicted molar refractivity (Wildman–Crippen MR) is 82.0 cm³/mol. The Morgan fingerprint density at radius 3 is 2.76 bits per heavy atom. The van der Waals surface area contributed by atoms with Crippen LogP contribution in [0.15, 0.2) is 6.07 Å². The van der Waals surface area contributed by atoms with Crippen LogP contribution in [0.3, 0.4) is 0 Å². The van der Waals surface area contributed by atoms with Crippen LogP contribution in [-0.2, 0) is 9.59 Å². The van der Waals surface area contributed by atoms with Crippen LogP contribution in [0.2, 0.25) is 10.0 Å². The van der Waals surface area contributed by atoms with E-state index in [0.717, 1.165) is 11.7 Å². The van der Waals surface area contributed by atoms with Gasteiger partial charge in [0.2, 0.25) is 11.8 Å². The van der Waals surface area contributed by atoms with E-state index in [9.17, 15) is 9.59 Å². The van der Waals surface area contributed by atoms with Crippen molar-refractivity contribution in [1.82, 2.24) is 14.1 Å². The second kappa shape index (κ2) is 5.40. The summed E-state index contributed by atoms with van der Waals surface area (Å²) in [6.45, 7) is 1.74. The highest BCUT2D eigenvalue weighted by atomic mass is 35.5. The van der Waals surface area contributed by atoms with E-state index in [2.05, 4.69) is 14.1 Å². The molecule has 2 amide bonds. The Morgan fingerprint density at radius 2 is 2.05 bits per heavy atom. The summed E-state index contributed by atoms with van der Waals surface area (Å²) in [5.74, 6) is -0.445. The molecular weight excluding hydrogens is 335 g/mol. The number of aromatic nitrogens is 2. The van der Waals surface area contributed by atoms with E-state index in [1.165, 1.54) is 11.0 Å². The molecule has 110 valence electrons. The first-order valence-electron chi connectivity index (χ1n) is 6.24. The Balaban J connectivity index is 2.17. The lowest BCUT2D eigenvalue weighted by Gasteiger charge is -2.32. The van der Waals surface area contributed by atoms with E-state index in [0.29, 0.717) is 28.2 Å². The zero-order valence-electron chi connectivity index (χ0n) is 10.9. The van der Waals surface area contributed by atoms with Gasteiger partial charge in [-0.1, -0.05) is 30.1 Å². The van der Waals surface area contributed by atoms with E-state index in [1.54, 1.807) is 0 Å². The van der Waals surface area contributed by atoms with Crippen LogP contribution in [0.5, 0.6) is 0 Å². The highest BCUT2D eigenvalue weighted by Gasteiger charge is 2.35. The number of benzene rings is 1. The molecule has 1 aromatic carbocycles. The van der Waals surface area contributed by atoms with Gasteiger partial charge in [0.15, 0.2) is 0 Å². The summed E-state index contributed by atoms with van der Waals surface area (Å²) >= 11 is 13.3. The van der Waals surface area contributed by atoms with Crippen LogP contribution in [0, 0.1) is 0 Å². The monoisotopic (exact) mass is 344 g/mol. The summed E-state index contributed by atoms with van der Waals surface area (Å²) in [5, 5.41) is 3.30. The second-order valence-corrected chi connectivity index (χ2v) is 5.95. The van der Waals surface area contributed by atoms with Gasteiger partial charge in [-0.3, -0.25) is 14.5 Å². The largest absolute Gasteiger partial charge is 0.343 e. The maximum atomic E-state index is 12.5. The summed E-state index contributed by atoms with van der Waals surface area (Å²) in [6.07, 6.45) is 0.505. The van der Waals surface area contributed by atoms with Crippen LogP contribution < -0.4 is 10.2 Å². The van der Waals surface area contributed by atoms with Crippen molar-refractivity contribution >= 4 is 63.5 Å². The molecule has 6 nitrogen and oxygen atoms in total. The molecule has 2 heterocycles. The van der Waals surface area contributed by atoms with Gasteiger partial charge < -0.3 is 5.32 Å². The molecule has 1 aromatic heterocycles. The van der Waals surface area contributed by atoms with Crippen molar-refractivity contribution in [3.63, 3.8) is 0 Å². The summed E-state index contributed by atoms with van der Waals surface area (Å²) in [6, 6.07) is 0.961. The van der Waals surface area contributed by atoms with Crippen molar-refractivity contribution in [1.29, 1.82) is 0 Å². The van der Waals surface area contributed by atoms with Gasteiger partial charge in [0.25, 0.3) is 0 Å². The molecule has 1 N–H and O–H groups in total. The van der Waals surface area contributed by atoms with Crippen molar-refractivity contribution < 1.29 is 9.59 Å². The molecule has 0 radical (unpaired) electrons. The maximum Gasteiger partial charge on any atom is 0.250 e. The number of nitrogens with one attached hydrogen (secondary N) is 1. The Kier molecular flexibility index (Phi) is 3.73. The minimum Gasteiger partial charge on any atom is -0.343 e. The van der Waals surface area contributed by atoms with Crippen molar-refractivity contribution in [2.24, 2.45) is 0 Å². The minimum absolute atomic E-state index is 0.0939. The first kappa shape index (κ1) is 14.5. The Hall–Kier alpha value is -1.44. The Morgan fingerprint density at radius 1 is 1.33 bits per heavy atom. The van der Waals surface area contributed by atoms with Crippen LogP contribution in [0.25, 0.3) is 11.0 Å². The summed E-state index contributed by atoms with van der Waals surface area (Å²) < 4.78 is 8.26. The lowest BCUT2D eigenvalue weighted by atomic mass is 10.1. The van der Waals surface area contributed by atoms with Gasteiger partial charge in [-0.2, -0.15) is 8.75 Å². The molecule has 2 aromatic rings. The average molecular weight is 345 g/mol.